The van der Waals surface area contributed by atoms with Crippen molar-refractivity contribution in [1.29, 1.82) is 0 Å². The minimum atomic E-state index is -0.324. The smallest absolute Gasteiger partial charge is 0.286 e. The second-order valence-electron chi connectivity index (χ2n) is 8.37. The molecule has 1 aliphatic heterocycles. The predicted molar refractivity (Wildman–Crippen MR) is 93.4 cm³/mol. The molecule has 4 aliphatic rings. The fourth-order valence-electron chi connectivity index (χ4n) is 4.89. The summed E-state index contributed by atoms with van der Waals surface area (Å²) in [4.78, 5) is 12.7. The molecule has 0 spiro atoms. The number of nitrogens with one attached hydrogen (secondary N) is 1. The zero-order valence-electron chi connectivity index (χ0n) is 15.0. The van der Waals surface area contributed by atoms with Gasteiger partial charge in [0, 0.05) is 19.1 Å². The second kappa shape index (κ2) is 7.67. The summed E-state index contributed by atoms with van der Waals surface area (Å²) in [5.41, 5.74) is 0. The van der Waals surface area contributed by atoms with Gasteiger partial charge in [-0.05, 0) is 74.7 Å². The van der Waals surface area contributed by atoms with E-state index in [9.17, 15) is 4.79 Å². The standard InChI is InChI=1S/C20H31NO4/c22-7-1-2-8-24-19-12-16(14-5-6-14)11-18(25-19)20(23)21-17-10-13-3-4-15(17)9-13/h11,13-17,19,22H,1-10,12H2,(H,21,23)/t13?,15?,16-,17?,19+/m0/s1. The molecule has 3 aliphatic carbocycles. The molecule has 0 saturated heterocycles. The van der Waals surface area contributed by atoms with E-state index in [2.05, 4.69) is 5.32 Å². The van der Waals surface area contributed by atoms with Gasteiger partial charge in [0.05, 0.1) is 6.61 Å². The molecule has 0 aromatic carbocycles. The molecule has 25 heavy (non-hydrogen) atoms. The average molecular weight is 349 g/mol. The van der Waals surface area contributed by atoms with Crippen molar-refractivity contribution in [2.45, 2.75) is 70.1 Å². The fraction of sp³-hybridized carbons (Fsp3) is 0.850. The number of aliphatic hydroxyl groups is 1. The highest BCUT2D eigenvalue weighted by Crippen LogP contribution is 2.45. The van der Waals surface area contributed by atoms with E-state index in [1.807, 2.05) is 6.08 Å². The lowest BCUT2D eigenvalue weighted by molar-refractivity contribution is -0.150. The zero-order chi connectivity index (χ0) is 17.2. The Morgan fingerprint density at radius 1 is 1.16 bits per heavy atom. The quantitative estimate of drug-likeness (QED) is 0.661. The number of ether oxygens (including phenoxy) is 2. The van der Waals surface area contributed by atoms with E-state index >= 15 is 0 Å². The van der Waals surface area contributed by atoms with E-state index < -0.39 is 0 Å². The number of allylic oxidation sites excluding steroid dienone is 1. The van der Waals surface area contributed by atoms with E-state index in [1.165, 1.54) is 32.1 Å². The van der Waals surface area contributed by atoms with Crippen molar-refractivity contribution in [2.24, 2.45) is 23.7 Å². The van der Waals surface area contributed by atoms with Crippen LogP contribution in [-0.4, -0.2) is 36.6 Å². The Bertz CT molecular complexity index is 516. The molecule has 2 bridgehead atoms. The highest BCUT2D eigenvalue weighted by Gasteiger charge is 2.42. The molecule has 0 aromatic rings. The van der Waals surface area contributed by atoms with Gasteiger partial charge in [-0.2, -0.15) is 0 Å². The normalized spacial score (nSPS) is 36.8. The predicted octanol–water partition coefficient (Wildman–Crippen LogP) is 2.74. The van der Waals surface area contributed by atoms with Gasteiger partial charge in [0.1, 0.15) is 0 Å². The third-order valence-corrected chi connectivity index (χ3v) is 6.45. The van der Waals surface area contributed by atoms with Crippen LogP contribution in [0.5, 0.6) is 0 Å². The van der Waals surface area contributed by atoms with Crippen molar-refractivity contribution < 1.29 is 19.4 Å². The van der Waals surface area contributed by atoms with Gasteiger partial charge in [-0.15, -0.1) is 0 Å². The first-order valence-corrected chi connectivity index (χ1v) is 10.1. The lowest BCUT2D eigenvalue weighted by atomic mass is 9.94. The SMILES string of the molecule is O=C(NC1CC2CCC1C2)C1=C[C@H](C2CC2)C[C@H](OCCCCO)O1. The van der Waals surface area contributed by atoms with Crippen molar-refractivity contribution in [2.75, 3.05) is 13.2 Å². The molecule has 3 unspecified atom stereocenters. The summed E-state index contributed by atoms with van der Waals surface area (Å²) in [6.45, 7) is 0.764. The molecule has 0 radical (unpaired) electrons. The monoisotopic (exact) mass is 349 g/mol. The second-order valence-corrected chi connectivity index (χ2v) is 8.37. The van der Waals surface area contributed by atoms with Crippen molar-refractivity contribution in [1.82, 2.24) is 5.32 Å². The molecule has 2 N–H and O–H groups in total. The summed E-state index contributed by atoms with van der Waals surface area (Å²) in [6, 6.07) is 0.334. The van der Waals surface area contributed by atoms with Gasteiger partial charge in [0.2, 0.25) is 6.29 Å². The van der Waals surface area contributed by atoms with Gasteiger partial charge in [-0.3, -0.25) is 4.79 Å². The van der Waals surface area contributed by atoms with Crippen LogP contribution >= 0.6 is 0 Å². The van der Waals surface area contributed by atoms with Gasteiger partial charge in [0.25, 0.3) is 5.91 Å². The number of hydrogen-bond donors (Lipinski definition) is 2. The number of amides is 1. The van der Waals surface area contributed by atoms with Gasteiger partial charge in [-0.1, -0.05) is 6.42 Å². The largest absolute Gasteiger partial charge is 0.459 e. The van der Waals surface area contributed by atoms with Crippen molar-refractivity contribution in [3.8, 4) is 0 Å². The van der Waals surface area contributed by atoms with Crippen LogP contribution in [0.25, 0.3) is 0 Å². The third-order valence-electron chi connectivity index (χ3n) is 6.45. The fourth-order valence-corrected chi connectivity index (χ4v) is 4.89. The maximum atomic E-state index is 12.7. The van der Waals surface area contributed by atoms with Crippen LogP contribution in [0.15, 0.2) is 11.8 Å². The Balaban J connectivity index is 1.34. The van der Waals surface area contributed by atoms with E-state index in [4.69, 9.17) is 14.6 Å². The third kappa shape index (κ3) is 4.20. The van der Waals surface area contributed by atoms with E-state index in [1.54, 1.807) is 0 Å². The maximum absolute atomic E-state index is 12.7. The lowest BCUT2D eigenvalue weighted by Gasteiger charge is -2.30. The summed E-state index contributed by atoms with van der Waals surface area (Å²) in [5.74, 6) is 3.00. The highest BCUT2D eigenvalue weighted by atomic mass is 16.7. The first-order valence-electron chi connectivity index (χ1n) is 10.1. The van der Waals surface area contributed by atoms with Crippen LogP contribution in [-0.2, 0) is 14.3 Å². The molecule has 5 nitrogen and oxygen atoms in total. The summed E-state index contributed by atoms with van der Waals surface area (Å²) in [6.07, 6.45) is 11.6. The van der Waals surface area contributed by atoms with Gasteiger partial charge >= 0.3 is 0 Å². The number of fused-ring (bicyclic) bond motifs is 2. The van der Waals surface area contributed by atoms with Crippen molar-refractivity contribution in [3.05, 3.63) is 11.8 Å². The molecule has 1 amide bonds. The van der Waals surface area contributed by atoms with Crippen LogP contribution in [0, 0.1) is 23.7 Å². The summed E-state index contributed by atoms with van der Waals surface area (Å²) < 4.78 is 11.7. The van der Waals surface area contributed by atoms with Crippen molar-refractivity contribution in [3.63, 3.8) is 0 Å². The van der Waals surface area contributed by atoms with E-state index in [-0.39, 0.29) is 18.8 Å². The van der Waals surface area contributed by atoms with Crippen molar-refractivity contribution >= 4 is 5.91 Å². The molecular weight excluding hydrogens is 318 g/mol. The van der Waals surface area contributed by atoms with Crippen LogP contribution in [0.1, 0.15) is 57.8 Å². The molecule has 140 valence electrons. The van der Waals surface area contributed by atoms with Crippen LogP contribution < -0.4 is 5.32 Å². The first-order chi connectivity index (χ1) is 12.2. The topological polar surface area (TPSA) is 67.8 Å². The maximum Gasteiger partial charge on any atom is 0.286 e. The Morgan fingerprint density at radius 3 is 2.68 bits per heavy atom. The molecule has 5 heteroatoms. The molecule has 1 heterocycles. The number of hydrogen-bond acceptors (Lipinski definition) is 4. The molecule has 4 rings (SSSR count). The Morgan fingerprint density at radius 2 is 2.00 bits per heavy atom. The number of unbranched alkanes of at least 4 members (excludes halogenated alkanes) is 1. The average Bonchev–Trinajstić information content (AvgIpc) is 3.28. The molecule has 3 saturated carbocycles. The minimum absolute atomic E-state index is 0.0492. The molecule has 5 atom stereocenters. The van der Waals surface area contributed by atoms with E-state index in [0.29, 0.717) is 36.2 Å². The summed E-state index contributed by atoms with van der Waals surface area (Å²) >= 11 is 0. The number of rotatable bonds is 8. The summed E-state index contributed by atoms with van der Waals surface area (Å²) in [5, 5.41) is 12.1. The first kappa shape index (κ1) is 17.3. The molecular formula is C20H31NO4. The summed E-state index contributed by atoms with van der Waals surface area (Å²) in [7, 11) is 0. The Kier molecular flexibility index (Phi) is 5.32. The van der Waals surface area contributed by atoms with Gasteiger partial charge in [-0.25, -0.2) is 0 Å². The van der Waals surface area contributed by atoms with Gasteiger partial charge in [0.15, 0.2) is 5.76 Å². The van der Waals surface area contributed by atoms with Crippen LogP contribution in [0.3, 0.4) is 0 Å². The van der Waals surface area contributed by atoms with E-state index in [0.717, 1.165) is 31.6 Å². The molecule has 0 aromatic heterocycles. The van der Waals surface area contributed by atoms with Crippen LogP contribution in [0.2, 0.25) is 0 Å². The number of carbonyl (C=O) groups is 1. The number of carbonyl (C=O) groups excluding carboxylic acids is 1. The highest BCUT2D eigenvalue weighted by molar-refractivity contribution is 5.91. The zero-order valence-corrected chi connectivity index (χ0v) is 15.0. The van der Waals surface area contributed by atoms with Crippen LogP contribution in [0.4, 0.5) is 0 Å². The Hall–Kier alpha value is -1.07. The van der Waals surface area contributed by atoms with Gasteiger partial charge < -0.3 is 19.9 Å². The Labute approximate surface area is 150 Å². The lowest BCUT2D eigenvalue weighted by Crippen LogP contribution is -2.41. The minimum Gasteiger partial charge on any atom is -0.459 e. The molecule has 3 fully saturated rings. The number of aliphatic hydroxyl groups excluding tert-OH is 1.